The smallest absolute Gasteiger partial charge is 0.358 e. The van der Waals surface area contributed by atoms with Crippen molar-refractivity contribution in [3.63, 3.8) is 0 Å². The molecule has 2 aromatic rings. The third-order valence-electron chi connectivity index (χ3n) is 4.57. The summed E-state index contributed by atoms with van der Waals surface area (Å²) in [7, 11) is 1.11. The normalized spacial score (nSPS) is 18.1. The fourth-order valence-corrected chi connectivity index (χ4v) is 3.14. The Kier molecular flexibility index (Phi) is 4.89. The van der Waals surface area contributed by atoms with Crippen molar-refractivity contribution in [1.29, 1.82) is 0 Å². The van der Waals surface area contributed by atoms with Crippen molar-refractivity contribution in [2.45, 2.75) is 6.29 Å². The Morgan fingerprint density at radius 3 is 2.17 bits per heavy atom. The Balaban J connectivity index is 1.61. The lowest BCUT2D eigenvalue weighted by Gasteiger charge is -2.16. The zero-order valence-corrected chi connectivity index (χ0v) is 15.7. The van der Waals surface area contributed by atoms with Gasteiger partial charge in [-0.05, 0) is 17.7 Å². The van der Waals surface area contributed by atoms with E-state index in [9.17, 15) is 19.2 Å². The molecule has 150 valence electrons. The molecule has 0 saturated heterocycles. The highest BCUT2D eigenvalue weighted by atomic mass is 16.7. The molecule has 1 unspecified atom stereocenters. The number of carbonyl (C=O) groups is 4. The topological polar surface area (TPSA) is 99.2 Å². The van der Waals surface area contributed by atoms with E-state index in [2.05, 4.69) is 0 Å². The van der Waals surface area contributed by atoms with Crippen molar-refractivity contribution in [3.05, 3.63) is 89.3 Å². The Morgan fingerprint density at radius 2 is 1.57 bits per heavy atom. The first-order valence-electron chi connectivity index (χ1n) is 8.91. The van der Waals surface area contributed by atoms with Crippen molar-refractivity contribution in [3.8, 4) is 0 Å². The van der Waals surface area contributed by atoms with Crippen LogP contribution >= 0.6 is 0 Å². The molecule has 2 aliphatic rings. The number of rotatable bonds is 5. The van der Waals surface area contributed by atoms with Crippen LogP contribution in [0.25, 0.3) is 5.57 Å². The SMILES string of the molecule is COC(=O)/C(=C/OC1C=C(c2ccccc2)C(=O)O1)N1C(=O)c2ccccc2C1=O. The van der Waals surface area contributed by atoms with E-state index in [0.29, 0.717) is 16.0 Å². The van der Waals surface area contributed by atoms with Crippen LogP contribution in [0.1, 0.15) is 26.3 Å². The standard InChI is InChI=1S/C22H15NO7/c1-28-22(27)17(23-19(24)14-9-5-6-10-15(14)20(23)25)12-29-18-11-16(21(26)30-18)13-7-3-2-4-8-13/h2-12,18H,1H3/b17-12-. The molecule has 2 aliphatic heterocycles. The van der Waals surface area contributed by atoms with Gasteiger partial charge >= 0.3 is 11.9 Å². The second-order valence-corrected chi connectivity index (χ2v) is 6.34. The Hall–Kier alpha value is -4.20. The lowest BCUT2D eigenvalue weighted by Crippen LogP contribution is -2.34. The summed E-state index contributed by atoms with van der Waals surface area (Å²) in [5.41, 5.74) is 0.841. The fourth-order valence-electron chi connectivity index (χ4n) is 3.14. The van der Waals surface area contributed by atoms with Crippen molar-refractivity contribution in [2.24, 2.45) is 0 Å². The number of amides is 2. The summed E-state index contributed by atoms with van der Waals surface area (Å²) >= 11 is 0. The van der Waals surface area contributed by atoms with Gasteiger partial charge in [0.05, 0.1) is 23.8 Å². The Morgan fingerprint density at radius 1 is 0.967 bits per heavy atom. The zero-order valence-electron chi connectivity index (χ0n) is 15.7. The summed E-state index contributed by atoms with van der Waals surface area (Å²) < 4.78 is 15.2. The van der Waals surface area contributed by atoms with Crippen molar-refractivity contribution >= 4 is 29.3 Å². The molecule has 0 fully saturated rings. The van der Waals surface area contributed by atoms with E-state index in [0.717, 1.165) is 13.4 Å². The molecular weight excluding hydrogens is 390 g/mol. The van der Waals surface area contributed by atoms with Crippen LogP contribution < -0.4 is 0 Å². The number of carbonyl (C=O) groups excluding carboxylic acids is 4. The number of fused-ring (bicyclic) bond motifs is 1. The second kappa shape index (κ2) is 7.67. The highest BCUT2D eigenvalue weighted by Crippen LogP contribution is 2.28. The third-order valence-corrected chi connectivity index (χ3v) is 4.57. The maximum atomic E-state index is 12.7. The molecule has 4 rings (SSSR count). The molecule has 0 saturated carbocycles. The van der Waals surface area contributed by atoms with Gasteiger partial charge in [0.1, 0.15) is 6.26 Å². The van der Waals surface area contributed by atoms with Crippen LogP contribution in [0, 0.1) is 0 Å². The number of hydrogen-bond acceptors (Lipinski definition) is 7. The minimum absolute atomic E-state index is 0.163. The molecule has 30 heavy (non-hydrogen) atoms. The molecule has 1 atom stereocenters. The minimum Gasteiger partial charge on any atom is -0.464 e. The quantitative estimate of drug-likeness (QED) is 0.326. The average molecular weight is 405 g/mol. The van der Waals surface area contributed by atoms with Gasteiger partial charge in [-0.15, -0.1) is 0 Å². The first-order chi connectivity index (χ1) is 14.5. The highest BCUT2D eigenvalue weighted by molar-refractivity contribution is 6.24. The Labute approximate surface area is 170 Å². The van der Waals surface area contributed by atoms with Crippen LogP contribution in [-0.4, -0.2) is 42.1 Å². The van der Waals surface area contributed by atoms with E-state index in [1.165, 1.54) is 18.2 Å². The maximum absolute atomic E-state index is 12.7. The number of ether oxygens (including phenoxy) is 3. The molecule has 0 aliphatic carbocycles. The number of imide groups is 1. The van der Waals surface area contributed by atoms with Gasteiger partial charge < -0.3 is 14.2 Å². The first-order valence-corrected chi connectivity index (χ1v) is 8.91. The number of cyclic esters (lactones) is 1. The van der Waals surface area contributed by atoms with Crippen LogP contribution in [0.3, 0.4) is 0 Å². The summed E-state index contributed by atoms with van der Waals surface area (Å²) in [6.07, 6.45) is 1.18. The minimum atomic E-state index is -1.14. The summed E-state index contributed by atoms with van der Waals surface area (Å²) in [6.45, 7) is 0. The zero-order chi connectivity index (χ0) is 21.3. The van der Waals surface area contributed by atoms with E-state index in [1.807, 2.05) is 6.07 Å². The average Bonchev–Trinajstić information content (AvgIpc) is 3.27. The van der Waals surface area contributed by atoms with Crippen LogP contribution in [0.15, 0.2) is 72.6 Å². The lowest BCUT2D eigenvalue weighted by molar-refractivity contribution is -0.150. The number of methoxy groups -OCH3 is 1. The molecule has 0 bridgehead atoms. The molecule has 8 heteroatoms. The molecule has 8 nitrogen and oxygen atoms in total. The molecule has 0 N–H and O–H groups in total. The van der Waals surface area contributed by atoms with E-state index in [4.69, 9.17) is 14.2 Å². The van der Waals surface area contributed by atoms with Crippen LogP contribution in [0.5, 0.6) is 0 Å². The van der Waals surface area contributed by atoms with Crippen molar-refractivity contribution in [1.82, 2.24) is 4.90 Å². The van der Waals surface area contributed by atoms with E-state index in [1.54, 1.807) is 36.4 Å². The molecule has 0 aromatic heterocycles. The van der Waals surface area contributed by atoms with Crippen LogP contribution in [-0.2, 0) is 23.8 Å². The highest BCUT2D eigenvalue weighted by Gasteiger charge is 2.41. The second-order valence-electron chi connectivity index (χ2n) is 6.34. The largest absolute Gasteiger partial charge is 0.464 e. The van der Waals surface area contributed by atoms with Gasteiger partial charge in [0.15, 0.2) is 5.70 Å². The summed E-state index contributed by atoms with van der Waals surface area (Å²) in [4.78, 5) is 50.4. The molecular formula is C22H15NO7. The predicted octanol–water partition coefficient (Wildman–Crippen LogP) is 2.28. The van der Waals surface area contributed by atoms with Crippen molar-refractivity contribution < 1.29 is 33.4 Å². The van der Waals surface area contributed by atoms with Crippen LogP contribution in [0.2, 0.25) is 0 Å². The lowest BCUT2D eigenvalue weighted by atomic mass is 10.1. The Bertz CT molecular complexity index is 1080. The fraction of sp³-hybridized carbons (Fsp3) is 0.0909. The summed E-state index contributed by atoms with van der Waals surface area (Å²) in [5.74, 6) is -2.92. The number of benzene rings is 2. The van der Waals surface area contributed by atoms with E-state index in [-0.39, 0.29) is 11.1 Å². The molecule has 2 aromatic carbocycles. The predicted molar refractivity (Wildman–Crippen MR) is 102 cm³/mol. The van der Waals surface area contributed by atoms with Gasteiger partial charge in [0, 0.05) is 6.08 Å². The van der Waals surface area contributed by atoms with Crippen molar-refractivity contribution in [2.75, 3.05) is 7.11 Å². The van der Waals surface area contributed by atoms with Crippen LogP contribution in [0.4, 0.5) is 0 Å². The summed E-state index contributed by atoms with van der Waals surface area (Å²) in [6, 6.07) is 15.0. The maximum Gasteiger partial charge on any atom is 0.358 e. The van der Waals surface area contributed by atoms with Gasteiger partial charge in [-0.2, -0.15) is 0 Å². The number of esters is 2. The first kappa shape index (κ1) is 19.1. The number of nitrogens with zero attached hydrogens (tertiary/aromatic N) is 1. The van der Waals surface area contributed by atoms with Gasteiger partial charge in [-0.1, -0.05) is 42.5 Å². The van der Waals surface area contributed by atoms with Gasteiger partial charge in [-0.3, -0.25) is 9.59 Å². The van der Waals surface area contributed by atoms with E-state index >= 15 is 0 Å². The monoisotopic (exact) mass is 405 g/mol. The molecule has 2 heterocycles. The molecule has 2 amide bonds. The van der Waals surface area contributed by atoms with Gasteiger partial charge in [0.25, 0.3) is 18.1 Å². The number of hydrogen-bond donors (Lipinski definition) is 0. The third kappa shape index (κ3) is 3.24. The molecule has 0 spiro atoms. The van der Waals surface area contributed by atoms with E-state index < -0.39 is 35.7 Å². The van der Waals surface area contributed by atoms with Gasteiger partial charge in [-0.25, -0.2) is 14.5 Å². The molecule has 0 radical (unpaired) electrons. The summed E-state index contributed by atoms with van der Waals surface area (Å²) in [5, 5.41) is 0. The van der Waals surface area contributed by atoms with Gasteiger partial charge in [0.2, 0.25) is 0 Å².